The van der Waals surface area contributed by atoms with Crippen molar-refractivity contribution in [3.8, 4) is 17.6 Å². The van der Waals surface area contributed by atoms with Gasteiger partial charge in [-0.3, -0.25) is 10.1 Å². The molecule has 3 aromatic carbocycles. The molecular formula is C24H17BrN4O4. The van der Waals surface area contributed by atoms with Gasteiger partial charge in [0.1, 0.15) is 30.0 Å². The first kappa shape index (κ1) is 22.0. The van der Waals surface area contributed by atoms with Gasteiger partial charge in [0.05, 0.1) is 33.1 Å². The number of hydrogen-bond donors (Lipinski definition) is 1. The van der Waals surface area contributed by atoms with Crippen LogP contribution in [0.1, 0.15) is 17.0 Å². The number of fused-ring (bicyclic) bond motifs is 1. The van der Waals surface area contributed by atoms with E-state index in [1.165, 1.54) is 12.1 Å². The van der Waals surface area contributed by atoms with Gasteiger partial charge >= 0.3 is 0 Å². The maximum atomic E-state index is 10.9. The van der Waals surface area contributed by atoms with Gasteiger partial charge in [-0.15, -0.1) is 0 Å². The number of ether oxygens (including phenoxy) is 2. The highest BCUT2D eigenvalue weighted by Crippen LogP contribution is 2.29. The molecular weight excluding hydrogens is 488 g/mol. The van der Waals surface area contributed by atoms with E-state index >= 15 is 0 Å². The normalized spacial score (nSPS) is 11.2. The molecule has 0 saturated carbocycles. The fourth-order valence-electron chi connectivity index (χ4n) is 3.21. The SMILES string of the molecule is COc1ccc2nc(/C(C#N)=C\c3ccc(OCc4cccc([N+](=O)[O-])c4)c(Br)c3)[nH]c2c1. The van der Waals surface area contributed by atoms with Crippen LogP contribution in [0.3, 0.4) is 0 Å². The molecule has 0 unspecified atom stereocenters. The van der Waals surface area contributed by atoms with Crippen LogP contribution in [-0.4, -0.2) is 22.0 Å². The smallest absolute Gasteiger partial charge is 0.269 e. The van der Waals surface area contributed by atoms with Crippen LogP contribution in [0.5, 0.6) is 11.5 Å². The Bertz CT molecular complexity index is 1420. The van der Waals surface area contributed by atoms with Gasteiger partial charge in [-0.25, -0.2) is 4.98 Å². The number of nitro benzene ring substituents is 1. The van der Waals surface area contributed by atoms with Crippen LogP contribution in [0.4, 0.5) is 5.69 Å². The van der Waals surface area contributed by atoms with E-state index in [0.29, 0.717) is 32.9 Å². The van der Waals surface area contributed by atoms with Crippen LogP contribution in [0, 0.1) is 21.4 Å². The van der Waals surface area contributed by atoms with E-state index in [4.69, 9.17) is 9.47 Å². The average molecular weight is 505 g/mol. The monoisotopic (exact) mass is 504 g/mol. The molecule has 9 heteroatoms. The molecule has 4 aromatic rings. The van der Waals surface area contributed by atoms with E-state index in [-0.39, 0.29) is 12.3 Å². The number of imidazole rings is 1. The fraction of sp³-hybridized carbons (Fsp3) is 0.0833. The number of nitriles is 1. The third-order valence-corrected chi connectivity index (χ3v) is 5.47. The van der Waals surface area contributed by atoms with Crippen molar-refractivity contribution in [1.29, 1.82) is 5.26 Å². The molecule has 164 valence electrons. The molecule has 0 aliphatic heterocycles. The summed E-state index contributed by atoms with van der Waals surface area (Å²) in [6.45, 7) is 0.182. The molecule has 0 aliphatic rings. The molecule has 1 aromatic heterocycles. The number of benzene rings is 3. The van der Waals surface area contributed by atoms with Crippen molar-refractivity contribution in [3.63, 3.8) is 0 Å². The fourth-order valence-corrected chi connectivity index (χ4v) is 3.72. The number of methoxy groups -OCH3 is 1. The summed E-state index contributed by atoms with van der Waals surface area (Å²) in [6.07, 6.45) is 1.73. The lowest BCUT2D eigenvalue weighted by molar-refractivity contribution is -0.384. The summed E-state index contributed by atoms with van der Waals surface area (Å²) in [6, 6.07) is 19.4. The molecule has 0 bridgehead atoms. The van der Waals surface area contributed by atoms with Crippen molar-refractivity contribution in [2.75, 3.05) is 7.11 Å². The minimum Gasteiger partial charge on any atom is -0.497 e. The van der Waals surface area contributed by atoms with Crippen molar-refractivity contribution >= 4 is 44.3 Å². The second-order valence-electron chi connectivity index (χ2n) is 7.04. The highest BCUT2D eigenvalue weighted by atomic mass is 79.9. The molecule has 33 heavy (non-hydrogen) atoms. The molecule has 4 rings (SSSR count). The van der Waals surface area contributed by atoms with Crippen molar-refractivity contribution in [2.45, 2.75) is 6.61 Å². The van der Waals surface area contributed by atoms with Crippen molar-refractivity contribution in [3.05, 3.63) is 92.2 Å². The Kier molecular flexibility index (Phi) is 6.38. The highest BCUT2D eigenvalue weighted by Gasteiger charge is 2.11. The topological polar surface area (TPSA) is 114 Å². The Morgan fingerprint density at radius 2 is 2.09 bits per heavy atom. The number of aromatic nitrogens is 2. The number of non-ortho nitro benzene ring substituents is 1. The third-order valence-electron chi connectivity index (χ3n) is 4.85. The van der Waals surface area contributed by atoms with E-state index in [0.717, 1.165) is 16.6 Å². The van der Waals surface area contributed by atoms with Gasteiger partial charge in [-0.05, 0) is 57.4 Å². The van der Waals surface area contributed by atoms with E-state index < -0.39 is 4.92 Å². The van der Waals surface area contributed by atoms with Gasteiger partial charge in [-0.2, -0.15) is 5.26 Å². The van der Waals surface area contributed by atoms with Gasteiger partial charge in [0.25, 0.3) is 5.69 Å². The predicted molar refractivity (Wildman–Crippen MR) is 128 cm³/mol. The van der Waals surface area contributed by atoms with Crippen LogP contribution in [-0.2, 0) is 6.61 Å². The zero-order valence-electron chi connectivity index (χ0n) is 17.4. The first-order valence-corrected chi connectivity index (χ1v) is 10.6. The zero-order valence-corrected chi connectivity index (χ0v) is 19.0. The largest absolute Gasteiger partial charge is 0.497 e. The number of nitrogens with zero attached hydrogens (tertiary/aromatic N) is 3. The lowest BCUT2D eigenvalue weighted by atomic mass is 10.1. The average Bonchev–Trinajstić information content (AvgIpc) is 3.25. The summed E-state index contributed by atoms with van der Waals surface area (Å²) >= 11 is 3.49. The van der Waals surface area contributed by atoms with Gasteiger partial charge in [-0.1, -0.05) is 18.2 Å². The van der Waals surface area contributed by atoms with Crippen LogP contribution in [0.15, 0.2) is 65.1 Å². The highest BCUT2D eigenvalue weighted by molar-refractivity contribution is 9.10. The van der Waals surface area contributed by atoms with E-state index in [1.807, 2.05) is 30.3 Å². The first-order chi connectivity index (χ1) is 16.0. The standard InChI is InChI=1S/C24H17BrN4O4/c1-32-19-6-7-21-22(12-19)28-24(27-21)17(13-26)9-15-5-8-23(20(25)11-15)33-14-16-3-2-4-18(10-16)29(30)31/h2-12H,14H2,1H3,(H,27,28)/b17-9-. The molecule has 1 heterocycles. The Morgan fingerprint density at radius 3 is 2.82 bits per heavy atom. The van der Waals surface area contributed by atoms with E-state index in [1.54, 1.807) is 31.4 Å². The Balaban J connectivity index is 1.53. The quantitative estimate of drug-likeness (QED) is 0.191. The maximum absolute atomic E-state index is 10.9. The Hall–Kier alpha value is -4.16. The van der Waals surface area contributed by atoms with Crippen molar-refractivity contribution < 1.29 is 14.4 Å². The lowest BCUT2D eigenvalue weighted by Crippen LogP contribution is -1.97. The summed E-state index contributed by atoms with van der Waals surface area (Å²) in [5.74, 6) is 1.74. The van der Waals surface area contributed by atoms with Gasteiger partial charge < -0.3 is 14.5 Å². The molecule has 0 saturated heterocycles. The molecule has 0 atom stereocenters. The molecule has 0 radical (unpaired) electrons. The van der Waals surface area contributed by atoms with Crippen LogP contribution >= 0.6 is 15.9 Å². The zero-order chi connectivity index (χ0) is 23.4. The second-order valence-corrected chi connectivity index (χ2v) is 7.90. The Morgan fingerprint density at radius 1 is 1.24 bits per heavy atom. The molecule has 0 amide bonds. The van der Waals surface area contributed by atoms with Crippen molar-refractivity contribution in [1.82, 2.24) is 9.97 Å². The number of aromatic amines is 1. The maximum Gasteiger partial charge on any atom is 0.269 e. The predicted octanol–water partition coefficient (Wildman–Crippen LogP) is 5.89. The van der Waals surface area contributed by atoms with Crippen LogP contribution in [0.2, 0.25) is 0 Å². The molecule has 8 nitrogen and oxygen atoms in total. The number of nitro groups is 1. The number of allylic oxidation sites excluding steroid dienone is 1. The number of halogens is 1. The summed E-state index contributed by atoms with van der Waals surface area (Å²) in [4.78, 5) is 18.1. The molecule has 1 N–H and O–H groups in total. The van der Waals surface area contributed by atoms with Crippen molar-refractivity contribution in [2.24, 2.45) is 0 Å². The summed E-state index contributed by atoms with van der Waals surface area (Å²) in [5, 5.41) is 20.6. The minimum atomic E-state index is -0.439. The van der Waals surface area contributed by atoms with Gasteiger partial charge in [0, 0.05) is 18.2 Å². The third kappa shape index (κ3) is 5.02. The Labute approximate surface area is 197 Å². The second kappa shape index (κ2) is 9.54. The molecule has 0 aliphatic carbocycles. The van der Waals surface area contributed by atoms with E-state index in [9.17, 15) is 15.4 Å². The number of H-pyrrole nitrogens is 1. The lowest BCUT2D eigenvalue weighted by Gasteiger charge is -2.09. The number of rotatable bonds is 7. The number of nitrogens with one attached hydrogen (secondary N) is 1. The van der Waals surface area contributed by atoms with Crippen LogP contribution < -0.4 is 9.47 Å². The van der Waals surface area contributed by atoms with Crippen LogP contribution in [0.25, 0.3) is 22.7 Å². The molecule has 0 spiro atoms. The summed E-state index contributed by atoms with van der Waals surface area (Å²) < 4.78 is 11.7. The van der Waals surface area contributed by atoms with Gasteiger partial charge in [0.15, 0.2) is 0 Å². The van der Waals surface area contributed by atoms with E-state index in [2.05, 4.69) is 32.0 Å². The minimum absolute atomic E-state index is 0.0173. The summed E-state index contributed by atoms with van der Waals surface area (Å²) in [5.41, 5.74) is 3.37. The van der Waals surface area contributed by atoms with Gasteiger partial charge in [0.2, 0.25) is 0 Å². The molecule has 0 fully saturated rings. The number of hydrogen-bond acceptors (Lipinski definition) is 6. The summed E-state index contributed by atoms with van der Waals surface area (Å²) in [7, 11) is 1.59. The first-order valence-electron chi connectivity index (χ1n) is 9.78.